The van der Waals surface area contributed by atoms with Crippen LogP contribution in [0.3, 0.4) is 0 Å². The van der Waals surface area contributed by atoms with Crippen LogP contribution in [0.25, 0.3) is 0 Å². The highest BCUT2D eigenvalue weighted by molar-refractivity contribution is 14.0. The fourth-order valence-corrected chi connectivity index (χ4v) is 3.45. The summed E-state index contributed by atoms with van der Waals surface area (Å²) in [6.07, 6.45) is 2.53. The first-order valence-corrected chi connectivity index (χ1v) is 10.3. The molecule has 0 aliphatic carbocycles. The van der Waals surface area contributed by atoms with E-state index in [2.05, 4.69) is 30.5 Å². The molecule has 0 saturated heterocycles. The van der Waals surface area contributed by atoms with Crippen molar-refractivity contribution in [3.63, 3.8) is 0 Å². The summed E-state index contributed by atoms with van der Waals surface area (Å²) in [6, 6.07) is 6.75. The Hall–Kier alpha value is -1.73. The van der Waals surface area contributed by atoms with Gasteiger partial charge in [-0.15, -0.1) is 34.2 Å². The van der Waals surface area contributed by atoms with Crippen LogP contribution < -0.4 is 15.4 Å². The van der Waals surface area contributed by atoms with Crippen LogP contribution in [0.2, 0.25) is 0 Å². The monoisotopic (exact) mass is 521 g/mol. The molecule has 0 atom stereocenters. The smallest absolute Gasteiger partial charge is 0.240 e. The minimum atomic E-state index is -3.50. The minimum Gasteiger partial charge on any atom is -0.355 e. The second kappa shape index (κ2) is 12.0. The predicted molar refractivity (Wildman–Crippen MR) is 121 cm³/mol. The average molecular weight is 521 g/mol. The van der Waals surface area contributed by atoms with Gasteiger partial charge in [-0.1, -0.05) is 24.6 Å². The third-order valence-electron chi connectivity index (χ3n) is 3.92. The molecule has 9 nitrogen and oxygen atoms in total. The molecule has 0 radical (unpaired) electrons. The normalized spacial score (nSPS) is 11.8. The van der Waals surface area contributed by atoms with Gasteiger partial charge in [0.25, 0.3) is 0 Å². The highest BCUT2D eigenvalue weighted by Crippen LogP contribution is 2.09. The maximum atomic E-state index is 12.2. The number of halogens is 1. The number of benzene rings is 1. The minimum absolute atomic E-state index is 0. The Bertz CT molecular complexity index is 851. The number of sulfonamides is 1. The summed E-state index contributed by atoms with van der Waals surface area (Å²) < 4.78 is 29.0. The van der Waals surface area contributed by atoms with Crippen molar-refractivity contribution in [2.24, 2.45) is 4.99 Å². The fraction of sp³-hybridized carbons (Fsp3) is 0.471. The van der Waals surface area contributed by atoms with E-state index in [0.29, 0.717) is 19.0 Å². The molecule has 0 amide bonds. The summed E-state index contributed by atoms with van der Waals surface area (Å²) in [5, 5.41) is 14.2. The molecule has 0 fully saturated rings. The lowest BCUT2D eigenvalue weighted by Crippen LogP contribution is -2.42. The molecule has 1 heterocycles. The second-order valence-electron chi connectivity index (χ2n) is 5.93. The number of aliphatic imine (C=N–C) groups is 1. The van der Waals surface area contributed by atoms with Crippen LogP contribution in [-0.4, -0.2) is 55.8 Å². The van der Waals surface area contributed by atoms with Crippen LogP contribution in [0, 0.1) is 6.92 Å². The third-order valence-corrected chi connectivity index (χ3v) is 5.40. The molecular weight excluding hydrogens is 493 g/mol. The highest BCUT2D eigenvalue weighted by Gasteiger charge is 2.12. The van der Waals surface area contributed by atoms with Gasteiger partial charge in [-0.3, -0.25) is 4.99 Å². The average Bonchev–Trinajstić information content (AvgIpc) is 3.11. The largest absolute Gasteiger partial charge is 0.355 e. The SMILES string of the molecule is CCc1nncn1CCNC(=NC)NCCNS(=O)(=O)c1ccc(C)cc1.I. The molecule has 0 saturated carbocycles. The Kier molecular flexibility index (Phi) is 10.4. The van der Waals surface area contributed by atoms with E-state index in [4.69, 9.17) is 0 Å². The first-order chi connectivity index (χ1) is 13.0. The van der Waals surface area contributed by atoms with E-state index in [0.717, 1.165) is 24.4 Å². The van der Waals surface area contributed by atoms with E-state index in [-0.39, 0.29) is 35.4 Å². The Morgan fingerprint density at radius 3 is 2.46 bits per heavy atom. The lowest BCUT2D eigenvalue weighted by molar-refractivity contribution is 0.580. The zero-order chi connectivity index (χ0) is 19.7. The summed E-state index contributed by atoms with van der Waals surface area (Å²) in [5.74, 6) is 1.54. The zero-order valence-electron chi connectivity index (χ0n) is 16.3. The van der Waals surface area contributed by atoms with Crippen molar-refractivity contribution in [2.75, 3.05) is 26.7 Å². The van der Waals surface area contributed by atoms with Crippen molar-refractivity contribution >= 4 is 40.0 Å². The molecule has 1 aromatic carbocycles. The van der Waals surface area contributed by atoms with Crippen molar-refractivity contribution in [1.82, 2.24) is 30.1 Å². The molecule has 0 spiro atoms. The lowest BCUT2D eigenvalue weighted by atomic mass is 10.2. The number of guanidine groups is 1. The maximum Gasteiger partial charge on any atom is 0.240 e. The summed E-state index contributed by atoms with van der Waals surface area (Å²) >= 11 is 0. The fourth-order valence-electron chi connectivity index (χ4n) is 2.42. The van der Waals surface area contributed by atoms with Gasteiger partial charge in [0.05, 0.1) is 4.90 Å². The number of hydrogen-bond acceptors (Lipinski definition) is 5. The van der Waals surface area contributed by atoms with Crippen molar-refractivity contribution in [1.29, 1.82) is 0 Å². The first kappa shape index (κ1) is 24.3. The molecule has 3 N–H and O–H groups in total. The molecule has 156 valence electrons. The van der Waals surface area contributed by atoms with Gasteiger partial charge in [0, 0.05) is 39.6 Å². The van der Waals surface area contributed by atoms with Gasteiger partial charge in [-0.25, -0.2) is 13.1 Å². The van der Waals surface area contributed by atoms with E-state index in [1.165, 1.54) is 0 Å². The van der Waals surface area contributed by atoms with Gasteiger partial charge < -0.3 is 15.2 Å². The highest BCUT2D eigenvalue weighted by atomic mass is 127. The Morgan fingerprint density at radius 2 is 1.82 bits per heavy atom. The Balaban J connectivity index is 0.00000392. The number of hydrogen-bond donors (Lipinski definition) is 3. The van der Waals surface area contributed by atoms with E-state index < -0.39 is 10.0 Å². The summed E-state index contributed by atoms with van der Waals surface area (Å²) in [7, 11) is -1.83. The van der Waals surface area contributed by atoms with Crippen molar-refractivity contribution < 1.29 is 8.42 Å². The molecule has 0 unspecified atom stereocenters. The third kappa shape index (κ3) is 7.36. The van der Waals surface area contributed by atoms with Gasteiger partial charge in [0.2, 0.25) is 10.0 Å². The van der Waals surface area contributed by atoms with E-state index in [1.807, 2.05) is 18.4 Å². The zero-order valence-corrected chi connectivity index (χ0v) is 19.5. The number of nitrogens with zero attached hydrogens (tertiary/aromatic N) is 4. The van der Waals surface area contributed by atoms with Gasteiger partial charge in [-0.05, 0) is 19.1 Å². The topological polar surface area (TPSA) is 113 Å². The first-order valence-electron chi connectivity index (χ1n) is 8.83. The molecule has 0 aliphatic heterocycles. The number of aryl methyl sites for hydroxylation is 2. The van der Waals surface area contributed by atoms with Gasteiger partial charge in [-0.2, -0.15) is 0 Å². The van der Waals surface area contributed by atoms with Gasteiger partial charge in [0.15, 0.2) is 5.96 Å². The van der Waals surface area contributed by atoms with Crippen molar-refractivity contribution in [2.45, 2.75) is 31.7 Å². The number of aromatic nitrogens is 3. The van der Waals surface area contributed by atoms with Gasteiger partial charge >= 0.3 is 0 Å². The van der Waals surface area contributed by atoms with E-state index >= 15 is 0 Å². The summed E-state index contributed by atoms with van der Waals surface area (Å²) in [6.45, 7) is 5.99. The van der Waals surface area contributed by atoms with Crippen LogP contribution in [0.5, 0.6) is 0 Å². The van der Waals surface area contributed by atoms with Crippen LogP contribution in [0.15, 0.2) is 40.5 Å². The van der Waals surface area contributed by atoms with Crippen LogP contribution in [0.1, 0.15) is 18.3 Å². The predicted octanol–water partition coefficient (Wildman–Crippen LogP) is 0.910. The lowest BCUT2D eigenvalue weighted by Gasteiger charge is -2.13. The van der Waals surface area contributed by atoms with Crippen molar-refractivity contribution in [3.8, 4) is 0 Å². The molecule has 11 heteroatoms. The molecular formula is C17H28IN7O2S. The molecule has 0 aliphatic rings. The van der Waals surface area contributed by atoms with Crippen molar-refractivity contribution in [3.05, 3.63) is 42.0 Å². The maximum absolute atomic E-state index is 12.2. The summed E-state index contributed by atoms with van der Waals surface area (Å²) in [5.41, 5.74) is 1.02. The Morgan fingerprint density at radius 1 is 1.14 bits per heavy atom. The standard InChI is InChI=1S/C17H27N7O2S.HI/c1-4-16-23-21-13-24(16)12-11-20-17(18-3)19-9-10-22-27(25,26)15-7-5-14(2)6-8-15;/h5-8,13,22H,4,9-12H2,1-3H3,(H2,18,19,20);1H. The number of rotatable bonds is 9. The molecule has 0 bridgehead atoms. The summed E-state index contributed by atoms with van der Waals surface area (Å²) in [4.78, 5) is 4.39. The molecule has 28 heavy (non-hydrogen) atoms. The van der Waals surface area contributed by atoms with Gasteiger partial charge in [0.1, 0.15) is 12.2 Å². The molecule has 2 rings (SSSR count). The van der Waals surface area contributed by atoms with Crippen LogP contribution in [-0.2, 0) is 23.0 Å². The molecule has 1 aromatic heterocycles. The second-order valence-corrected chi connectivity index (χ2v) is 7.70. The van der Waals surface area contributed by atoms with E-state index in [1.54, 1.807) is 37.6 Å². The Labute approximate surface area is 183 Å². The number of nitrogens with one attached hydrogen (secondary N) is 3. The van der Waals surface area contributed by atoms with Crippen LogP contribution in [0.4, 0.5) is 0 Å². The molecule has 2 aromatic rings. The van der Waals surface area contributed by atoms with Crippen LogP contribution >= 0.6 is 24.0 Å². The quantitative estimate of drug-likeness (QED) is 0.196. The van der Waals surface area contributed by atoms with E-state index in [9.17, 15) is 8.42 Å².